The number of benzene rings is 2. The molecule has 1 aromatic heterocycles. The van der Waals surface area contributed by atoms with Gasteiger partial charge in [0.15, 0.2) is 6.61 Å². The van der Waals surface area contributed by atoms with Crippen molar-refractivity contribution in [2.45, 2.75) is 6.54 Å². The molecule has 1 amide bonds. The molecular formula is C21H20Cl2N4O3. The van der Waals surface area contributed by atoms with Crippen LogP contribution >= 0.6 is 23.2 Å². The van der Waals surface area contributed by atoms with Gasteiger partial charge in [0.05, 0.1) is 6.54 Å². The van der Waals surface area contributed by atoms with Crippen LogP contribution in [0.3, 0.4) is 0 Å². The topological polar surface area (TPSA) is 71.7 Å². The van der Waals surface area contributed by atoms with E-state index in [2.05, 4.69) is 15.0 Å². The molecule has 30 heavy (non-hydrogen) atoms. The maximum absolute atomic E-state index is 12.4. The standard InChI is InChI=1S/C21H20Cl2N4O3/c22-16-6-4-15(5-7-16)21-24-19(30-25-21)13-26-8-10-27(11-9-26)20(28)14-29-18-3-1-2-17(23)12-18/h1-7,12H,8-11,13-14H2. The molecule has 0 atom stereocenters. The smallest absolute Gasteiger partial charge is 0.260 e. The lowest BCUT2D eigenvalue weighted by molar-refractivity contribution is -0.135. The van der Waals surface area contributed by atoms with Gasteiger partial charge in [0.2, 0.25) is 11.7 Å². The summed E-state index contributed by atoms with van der Waals surface area (Å²) in [5.41, 5.74) is 0.851. The summed E-state index contributed by atoms with van der Waals surface area (Å²) >= 11 is 11.8. The van der Waals surface area contributed by atoms with Crippen molar-refractivity contribution in [2.24, 2.45) is 0 Å². The second-order valence-corrected chi connectivity index (χ2v) is 7.79. The Hall–Kier alpha value is -2.61. The first-order valence-electron chi connectivity index (χ1n) is 9.54. The Kier molecular flexibility index (Phi) is 6.52. The molecule has 7 nitrogen and oxygen atoms in total. The second kappa shape index (κ2) is 9.47. The number of amides is 1. The molecule has 1 aliphatic heterocycles. The molecule has 2 aromatic carbocycles. The first-order valence-corrected chi connectivity index (χ1v) is 10.3. The third-order valence-corrected chi connectivity index (χ3v) is 5.30. The first-order chi connectivity index (χ1) is 14.6. The minimum Gasteiger partial charge on any atom is -0.484 e. The zero-order valence-electron chi connectivity index (χ0n) is 16.1. The lowest BCUT2D eigenvalue weighted by Gasteiger charge is -2.33. The lowest BCUT2D eigenvalue weighted by Crippen LogP contribution is -2.49. The van der Waals surface area contributed by atoms with Gasteiger partial charge >= 0.3 is 0 Å². The number of halogens is 2. The Balaban J connectivity index is 1.24. The fraction of sp³-hybridized carbons (Fsp3) is 0.286. The summed E-state index contributed by atoms with van der Waals surface area (Å²) in [5, 5.41) is 5.28. The Morgan fingerprint density at radius 3 is 2.53 bits per heavy atom. The molecule has 3 aromatic rings. The summed E-state index contributed by atoms with van der Waals surface area (Å²) < 4.78 is 10.9. The molecule has 0 bridgehead atoms. The average molecular weight is 447 g/mol. The van der Waals surface area contributed by atoms with Crippen molar-refractivity contribution in [3.05, 3.63) is 64.5 Å². The van der Waals surface area contributed by atoms with Crippen LogP contribution in [0, 0.1) is 0 Å². The maximum atomic E-state index is 12.4. The van der Waals surface area contributed by atoms with Gasteiger partial charge in [-0.25, -0.2) is 0 Å². The van der Waals surface area contributed by atoms with Gasteiger partial charge in [-0.1, -0.05) is 34.4 Å². The molecule has 1 saturated heterocycles. The third-order valence-electron chi connectivity index (χ3n) is 4.81. The number of nitrogens with zero attached hydrogens (tertiary/aromatic N) is 4. The Morgan fingerprint density at radius 1 is 1.03 bits per heavy atom. The number of carbonyl (C=O) groups excluding carboxylic acids is 1. The normalized spacial score (nSPS) is 14.7. The predicted octanol–water partition coefficient (Wildman–Crippen LogP) is 3.77. The van der Waals surface area contributed by atoms with Crippen molar-refractivity contribution < 1.29 is 14.1 Å². The second-order valence-electron chi connectivity index (χ2n) is 6.92. The molecule has 1 aliphatic rings. The predicted molar refractivity (Wildman–Crippen MR) is 114 cm³/mol. The van der Waals surface area contributed by atoms with Crippen molar-refractivity contribution in [2.75, 3.05) is 32.8 Å². The molecule has 0 radical (unpaired) electrons. The molecule has 1 fully saturated rings. The maximum Gasteiger partial charge on any atom is 0.260 e. The summed E-state index contributed by atoms with van der Waals surface area (Å²) in [4.78, 5) is 20.8. The highest BCUT2D eigenvalue weighted by Crippen LogP contribution is 2.20. The Bertz CT molecular complexity index is 1000. The fourth-order valence-electron chi connectivity index (χ4n) is 3.18. The molecule has 0 saturated carbocycles. The summed E-state index contributed by atoms with van der Waals surface area (Å²) in [6.07, 6.45) is 0. The van der Waals surface area contributed by atoms with Crippen molar-refractivity contribution in [3.63, 3.8) is 0 Å². The van der Waals surface area contributed by atoms with E-state index < -0.39 is 0 Å². The monoisotopic (exact) mass is 446 g/mol. The van der Waals surface area contributed by atoms with Crippen LogP contribution in [0.25, 0.3) is 11.4 Å². The number of rotatable bonds is 6. The van der Waals surface area contributed by atoms with E-state index in [9.17, 15) is 4.79 Å². The molecule has 0 N–H and O–H groups in total. The van der Waals surface area contributed by atoms with E-state index >= 15 is 0 Å². The molecule has 156 valence electrons. The molecular weight excluding hydrogens is 427 g/mol. The van der Waals surface area contributed by atoms with Crippen molar-refractivity contribution >= 4 is 29.1 Å². The van der Waals surface area contributed by atoms with E-state index in [1.54, 1.807) is 41.3 Å². The highest BCUT2D eigenvalue weighted by molar-refractivity contribution is 6.30. The highest BCUT2D eigenvalue weighted by atomic mass is 35.5. The van der Waals surface area contributed by atoms with Gasteiger partial charge in [-0.3, -0.25) is 9.69 Å². The van der Waals surface area contributed by atoms with Gasteiger partial charge in [-0.15, -0.1) is 0 Å². The highest BCUT2D eigenvalue weighted by Gasteiger charge is 2.23. The van der Waals surface area contributed by atoms with Crippen LogP contribution in [0.1, 0.15) is 5.89 Å². The third kappa shape index (κ3) is 5.30. The molecule has 0 unspecified atom stereocenters. The van der Waals surface area contributed by atoms with Crippen molar-refractivity contribution in [3.8, 4) is 17.1 Å². The lowest BCUT2D eigenvalue weighted by atomic mass is 10.2. The SMILES string of the molecule is O=C(COc1cccc(Cl)c1)N1CCN(Cc2nc(-c3ccc(Cl)cc3)no2)CC1. The fourth-order valence-corrected chi connectivity index (χ4v) is 3.48. The summed E-state index contributed by atoms with van der Waals surface area (Å²) in [6.45, 7) is 3.23. The largest absolute Gasteiger partial charge is 0.484 e. The van der Waals surface area contributed by atoms with Crippen LogP contribution < -0.4 is 4.74 Å². The zero-order valence-corrected chi connectivity index (χ0v) is 17.6. The Labute approximate surface area is 184 Å². The van der Waals surface area contributed by atoms with Crippen LogP contribution in [-0.2, 0) is 11.3 Å². The molecule has 4 rings (SSSR count). The van der Waals surface area contributed by atoms with Gasteiger partial charge in [0, 0.05) is 41.8 Å². The van der Waals surface area contributed by atoms with Gasteiger partial charge in [0.25, 0.3) is 5.91 Å². The van der Waals surface area contributed by atoms with Crippen LogP contribution in [0.15, 0.2) is 53.1 Å². The van der Waals surface area contributed by atoms with Gasteiger partial charge in [0.1, 0.15) is 5.75 Å². The summed E-state index contributed by atoms with van der Waals surface area (Å²) in [6, 6.07) is 14.3. The van der Waals surface area contributed by atoms with Crippen molar-refractivity contribution in [1.82, 2.24) is 19.9 Å². The molecule has 0 aliphatic carbocycles. The van der Waals surface area contributed by atoms with Gasteiger partial charge in [-0.05, 0) is 42.5 Å². The van der Waals surface area contributed by atoms with Crippen molar-refractivity contribution in [1.29, 1.82) is 0 Å². The number of aromatic nitrogens is 2. The van der Waals surface area contributed by atoms with Gasteiger partial charge < -0.3 is 14.2 Å². The quantitative estimate of drug-likeness (QED) is 0.573. The van der Waals surface area contributed by atoms with E-state index in [1.165, 1.54) is 0 Å². The minimum atomic E-state index is -0.0440. The zero-order chi connectivity index (χ0) is 20.9. The molecule has 0 spiro atoms. The Morgan fingerprint density at radius 2 is 1.80 bits per heavy atom. The minimum absolute atomic E-state index is 0.00550. The van der Waals surface area contributed by atoms with Crippen LogP contribution in [0.2, 0.25) is 10.0 Å². The van der Waals surface area contributed by atoms with Gasteiger partial charge in [-0.2, -0.15) is 4.98 Å². The number of carbonyl (C=O) groups is 1. The summed E-state index contributed by atoms with van der Waals surface area (Å²) in [7, 11) is 0. The number of ether oxygens (including phenoxy) is 1. The van der Waals surface area contributed by atoms with Crippen LogP contribution in [0.5, 0.6) is 5.75 Å². The summed E-state index contributed by atoms with van der Waals surface area (Å²) in [5.74, 6) is 1.62. The molecule has 2 heterocycles. The van der Waals surface area contributed by atoms with E-state index in [1.807, 2.05) is 12.1 Å². The van der Waals surface area contributed by atoms with Crippen LogP contribution in [-0.4, -0.2) is 58.6 Å². The van der Waals surface area contributed by atoms with Crippen LogP contribution in [0.4, 0.5) is 0 Å². The first kappa shape index (κ1) is 20.7. The van der Waals surface area contributed by atoms with E-state index in [0.29, 0.717) is 47.1 Å². The molecule has 9 heteroatoms. The van der Waals surface area contributed by atoms with E-state index in [0.717, 1.165) is 18.7 Å². The number of hydrogen-bond donors (Lipinski definition) is 0. The number of hydrogen-bond acceptors (Lipinski definition) is 6. The van der Waals surface area contributed by atoms with E-state index in [4.69, 9.17) is 32.5 Å². The average Bonchev–Trinajstić information content (AvgIpc) is 3.21. The van der Waals surface area contributed by atoms with E-state index in [-0.39, 0.29) is 12.5 Å². The number of piperazine rings is 1.